The monoisotopic (exact) mass is 937 g/mol. The maximum absolute atomic E-state index is 11.7. The number of rotatable bonds is 10. The van der Waals surface area contributed by atoms with E-state index >= 15 is 0 Å². The van der Waals surface area contributed by atoms with Gasteiger partial charge in [-0.25, -0.2) is 0 Å². The molecular weight excluding hydrogens is 879 g/mol. The number of aliphatic hydroxyl groups excluding tert-OH is 1. The van der Waals surface area contributed by atoms with Gasteiger partial charge in [-0.2, -0.15) is 0 Å². The zero-order chi connectivity index (χ0) is 38.8. The maximum Gasteiger partial charge on any atom is 0.162 e. The first-order valence-electron chi connectivity index (χ1n) is 19.4. The second-order valence-corrected chi connectivity index (χ2v) is 22.6. The van der Waals surface area contributed by atoms with Crippen molar-refractivity contribution in [2.45, 2.75) is 113 Å². The van der Waals surface area contributed by atoms with E-state index in [0.717, 1.165) is 53.7 Å². The first kappa shape index (κ1) is 43.4. The van der Waals surface area contributed by atoms with E-state index in [9.17, 15) is 9.90 Å². The van der Waals surface area contributed by atoms with E-state index in [-0.39, 0.29) is 48.9 Å². The summed E-state index contributed by atoms with van der Waals surface area (Å²) in [6.45, 7) is 26.5. The Bertz CT molecular complexity index is 2280. The number of allylic oxidation sites excluding steroid dienone is 2. The van der Waals surface area contributed by atoms with Gasteiger partial charge in [-0.15, -0.1) is 40.5 Å². The van der Waals surface area contributed by atoms with Crippen LogP contribution in [-0.4, -0.2) is 23.9 Å². The third kappa shape index (κ3) is 9.02. The minimum atomic E-state index is -1.41. The molecule has 1 N–H and O–H groups in total. The normalized spacial score (nSPS) is 12.4. The van der Waals surface area contributed by atoms with Crippen molar-refractivity contribution in [3.63, 3.8) is 0 Å². The van der Waals surface area contributed by atoms with Gasteiger partial charge in [0.1, 0.15) is 11.3 Å². The van der Waals surface area contributed by atoms with Crippen molar-refractivity contribution in [1.29, 1.82) is 0 Å². The van der Waals surface area contributed by atoms with Gasteiger partial charge in [-0.3, -0.25) is 9.78 Å². The van der Waals surface area contributed by atoms with Crippen LogP contribution in [0, 0.1) is 31.7 Å². The summed E-state index contributed by atoms with van der Waals surface area (Å²) in [6, 6.07) is 23.5. The SMILES string of the molecule is CCC(CC)C(=O)/C=C(\O)C(CC)CC.Cc1c(-c2sc3c(-c4[c-]c5ccccc5c(C(C)(C)C)c4)nccc3c2C)oc2ccc([Si](C)(C)C)cc12.[Ir]. The van der Waals surface area contributed by atoms with Gasteiger partial charge in [0.25, 0.3) is 0 Å². The summed E-state index contributed by atoms with van der Waals surface area (Å²) < 4.78 is 7.72. The summed E-state index contributed by atoms with van der Waals surface area (Å²) in [5.41, 5.74) is 6.80. The fourth-order valence-electron chi connectivity index (χ4n) is 7.22. The number of aromatic nitrogens is 1. The standard InChI is InChI=1S/C34H34NOSSi.C13H24O2.Ir/c1-20-27-19-24(38(6,7)8)13-14-29(27)36-31(20)32-21(2)25-15-16-35-30(33(25)37-32)23-17-22-11-9-10-12-26(22)28(18-23)34(3,4)5;1-5-10(6-2)12(14)9-13(15)11(7-3)8-4;/h9-16,18-19H,1-8H3;9-11,14H,5-8H2,1-4H3;/q-1;;/b;12-9-;. The molecule has 0 atom stereocenters. The van der Waals surface area contributed by atoms with E-state index in [4.69, 9.17) is 9.40 Å². The number of aryl methyl sites for hydroxylation is 2. The molecule has 0 unspecified atom stereocenters. The zero-order valence-electron chi connectivity index (χ0n) is 34.3. The van der Waals surface area contributed by atoms with E-state index in [1.165, 1.54) is 53.7 Å². The van der Waals surface area contributed by atoms with Crippen LogP contribution in [0.15, 0.2) is 77.0 Å². The smallest absolute Gasteiger partial charge is 0.162 e. The fraction of sp³-hybridized carbons (Fsp3) is 0.404. The summed E-state index contributed by atoms with van der Waals surface area (Å²) in [5.74, 6) is 1.53. The van der Waals surface area contributed by atoms with Crippen LogP contribution < -0.4 is 5.19 Å². The minimum absolute atomic E-state index is 0. The molecular formula is C47H58IrNO3SSi-. The molecule has 3 heterocycles. The molecule has 0 bridgehead atoms. The summed E-state index contributed by atoms with van der Waals surface area (Å²) in [6.07, 6.45) is 6.84. The molecule has 289 valence electrons. The quantitative estimate of drug-likeness (QED) is 0.0643. The van der Waals surface area contributed by atoms with Crippen molar-refractivity contribution in [3.05, 3.63) is 95.4 Å². The number of hydrogen-bond donors (Lipinski definition) is 1. The second-order valence-electron chi connectivity index (χ2n) is 16.5. The maximum atomic E-state index is 11.7. The van der Waals surface area contributed by atoms with Crippen molar-refractivity contribution in [2.75, 3.05) is 0 Å². The summed E-state index contributed by atoms with van der Waals surface area (Å²) >= 11 is 1.79. The Balaban J connectivity index is 0.000000347. The van der Waals surface area contributed by atoms with Crippen LogP contribution in [0.2, 0.25) is 19.6 Å². The van der Waals surface area contributed by atoms with E-state index in [1.54, 1.807) is 11.3 Å². The first-order valence-corrected chi connectivity index (χ1v) is 23.7. The molecule has 7 heteroatoms. The van der Waals surface area contributed by atoms with Crippen LogP contribution in [0.1, 0.15) is 90.8 Å². The van der Waals surface area contributed by atoms with E-state index in [2.05, 4.69) is 115 Å². The number of benzene rings is 3. The Labute approximate surface area is 341 Å². The molecule has 0 saturated heterocycles. The van der Waals surface area contributed by atoms with Gasteiger partial charge in [0.05, 0.1) is 18.7 Å². The van der Waals surface area contributed by atoms with Crippen LogP contribution in [0.25, 0.3) is 53.7 Å². The molecule has 0 fully saturated rings. The van der Waals surface area contributed by atoms with Gasteiger partial charge in [-0.1, -0.05) is 115 Å². The van der Waals surface area contributed by atoms with Gasteiger partial charge < -0.3 is 9.52 Å². The van der Waals surface area contributed by atoms with E-state index in [0.29, 0.717) is 0 Å². The molecule has 0 aliphatic heterocycles. The Hall–Kier alpha value is -3.35. The Kier molecular flexibility index (Phi) is 14.2. The average Bonchev–Trinajstić information content (AvgIpc) is 3.63. The molecule has 3 aromatic carbocycles. The van der Waals surface area contributed by atoms with Gasteiger partial charge in [0.15, 0.2) is 5.78 Å². The van der Waals surface area contributed by atoms with E-state index in [1.807, 2.05) is 33.9 Å². The average molecular weight is 937 g/mol. The van der Waals surface area contributed by atoms with Gasteiger partial charge in [0.2, 0.25) is 0 Å². The molecule has 0 amide bonds. The first-order chi connectivity index (χ1) is 25.0. The topological polar surface area (TPSA) is 63.3 Å². The van der Waals surface area contributed by atoms with Crippen LogP contribution in [0.5, 0.6) is 0 Å². The van der Waals surface area contributed by atoms with Gasteiger partial charge in [-0.05, 0) is 68.0 Å². The summed E-state index contributed by atoms with van der Waals surface area (Å²) in [5, 5.41) is 16.1. The van der Waals surface area contributed by atoms with Gasteiger partial charge in [0, 0.05) is 65.6 Å². The predicted molar refractivity (Wildman–Crippen MR) is 232 cm³/mol. The Morgan fingerprint density at radius 3 is 2.15 bits per heavy atom. The molecule has 54 heavy (non-hydrogen) atoms. The number of thiophene rings is 1. The van der Waals surface area contributed by atoms with Crippen LogP contribution in [-0.2, 0) is 30.3 Å². The molecule has 1 radical (unpaired) electrons. The number of fused-ring (bicyclic) bond motifs is 3. The number of hydrogen-bond acceptors (Lipinski definition) is 5. The summed E-state index contributed by atoms with van der Waals surface area (Å²) in [4.78, 5) is 17.8. The fourth-order valence-corrected chi connectivity index (χ4v) is 9.72. The third-order valence-electron chi connectivity index (χ3n) is 10.8. The van der Waals surface area contributed by atoms with Crippen LogP contribution in [0.4, 0.5) is 0 Å². The minimum Gasteiger partial charge on any atom is -0.512 e. The molecule has 4 nitrogen and oxygen atoms in total. The molecule has 0 spiro atoms. The number of aliphatic hydroxyl groups is 1. The van der Waals surface area contributed by atoms with Crippen molar-refractivity contribution < 1.29 is 34.4 Å². The number of carbonyl (C=O) groups excluding carboxylic acids is 1. The molecule has 3 aromatic heterocycles. The van der Waals surface area contributed by atoms with Crippen molar-refractivity contribution in [1.82, 2.24) is 4.98 Å². The predicted octanol–water partition coefficient (Wildman–Crippen LogP) is 13.7. The number of pyridine rings is 1. The molecule has 0 aliphatic carbocycles. The van der Waals surface area contributed by atoms with Gasteiger partial charge >= 0.3 is 0 Å². The molecule has 0 saturated carbocycles. The second kappa shape index (κ2) is 17.6. The number of carbonyl (C=O) groups is 1. The molecule has 6 aromatic rings. The Morgan fingerprint density at radius 1 is 0.889 bits per heavy atom. The zero-order valence-corrected chi connectivity index (χ0v) is 38.5. The van der Waals surface area contributed by atoms with Crippen LogP contribution in [0.3, 0.4) is 0 Å². The number of furan rings is 1. The Morgan fingerprint density at radius 2 is 1.54 bits per heavy atom. The third-order valence-corrected chi connectivity index (χ3v) is 14.1. The largest absolute Gasteiger partial charge is 0.512 e. The van der Waals surface area contributed by atoms with E-state index < -0.39 is 8.07 Å². The van der Waals surface area contributed by atoms with Crippen molar-refractivity contribution in [3.8, 4) is 21.9 Å². The molecule has 0 aliphatic rings. The number of ketones is 1. The van der Waals surface area contributed by atoms with Crippen LogP contribution >= 0.6 is 11.3 Å². The molecule has 6 rings (SSSR count). The van der Waals surface area contributed by atoms with Crippen molar-refractivity contribution in [2.24, 2.45) is 11.8 Å². The number of nitrogens with zero attached hydrogens (tertiary/aromatic N) is 1. The van der Waals surface area contributed by atoms with Crippen molar-refractivity contribution >= 4 is 62.2 Å². The summed E-state index contributed by atoms with van der Waals surface area (Å²) in [7, 11) is -1.41.